The van der Waals surface area contributed by atoms with E-state index in [4.69, 9.17) is 9.15 Å². The van der Waals surface area contributed by atoms with Crippen LogP contribution in [0.2, 0.25) is 0 Å². The van der Waals surface area contributed by atoms with Gasteiger partial charge >= 0.3 is 0 Å². The molecular weight excluding hydrogens is 310 g/mol. The summed E-state index contributed by atoms with van der Waals surface area (Å²) in [7, 11) is 0. The topological polar surface area (TPSA) is 88.7 Å². The van der Waals surface area contributed by atoms with Crippen molar-refractivity contribution in [2.24, 2.45) is 0 Å². The van der Waals surface area contributed by atoms with Crippen LogP contribution in [0.3, 0.4) is 0 Å². The number of hydrogen-bond donors (Lipinski definition) is 1. The van der Waals surface area contributed by atoms with Gasteiger partial charge in [0, 0.05) is 19.9 Å². The number of carbonyl (C=O) groups excluding carboxylic acids is 1. The molecule has 1 atom stereocenters. The van der Waals surface area contributed by atoms with E-state index >= 15 is 0 Å². The van der Waals surface area contributed by atoms with Gasteiger partial charge in [-0.15, -0.1) is 0 Å². The first-order valence-corrected chi connectivity index (χ1v) is 7.82. The third kappa shape index (κ3) is 2.33. The molecule has 0 saturated carbocycles. The molecule has 0 aliphatic carbocycles. The van der Waals surface area contributed by atoms with Crippen molar-refractivity contribution in [1.29, 1.82) is 0 Å². The van der Waals surface area contributed by atoms with Crippen molar-refractivity contribution in [3.8, 4) is 11.6 Å². The second-order valence-corrected chi connectivity index (χ2v) is 6.02. The first kappa shape index (κ1) is 14.7. The van der Waals surface area contributed by atoms with Gasteiger partial charge in [-0.25, -0.2) is 4.98 Å². The summed E-state index contributed by atoms with van der Waals surface area (Å²) in [5.74, 6) is 0.983. The Bertz CT molecular complexity index is 950. The number of likely N-dealkylation sites (tertiary alicyclic amines) is 1. The molecule has 1 aliphatic rings. The van der Waals surface area contributed by atoms with E-state index < -0.39 is 0 Å². The molecule has 1 fully saturated rings. The molecule has 1 amide bonds. The summed E-state index contributed by atoms with van der Waals surface area (Å²) in [6.45, 7) is 4.51. The number of aromatic nitrogens is 2. The minimum Gasteiger partial charge on any atom is -0.493 e. The van der Waals surface area contributed by atoms with Crippen LogP contribution >= 0.6 is 0 Å². The number of carbonyl (C=O) groups is 1. The highest BCUT2D eigenvalue weighted by atomic mass is 16.5. The number of aryl methyl sites for hydroxylation is 1. The molecule has 0 radical (unpaired) electrons. The van der Waals surface area contributed by atoms with E-state index in [9.17, 15) is 9.90 Å². The highest BCUT2D eigenvalue weighted by molar-refractivity contribution is 6.07. The number of nitrogens with zero attached hydrogens (tertiary/aromatic N) is 3. The first-order chi connectivity index (χ1) is 11.5. The molecule has 1 N–H and O–H groups in total. The predicted molar refractivity (Wildman–Crippen MR) is 87.0 cm³/mol. The molecule has 1 aliphatic heterocycles. The van der Waals surface area contributed by atoms with Gasteiger partial charge in [-0.3, -0.25) is 4.79 Å². The van der Waals surface area contributed by atoms with Gasteiger partial charge in [-0.05, 0) is 19.1 Å². The van der Waals surface area contributed by atoms with E-state index in [2.05, 4.69) is 9.97 Å². The zero-order chi connectivity index (χ0) is 16.8. The lowest BCUT2D eigenvalue weighted by molar-refractivity contribution is -0.128. The molecule has 1 aromatic carbocycles. The number of hydrogen-bond acceptors (Lipinski definition) is 6. The van der Waals surface area contributed by atoms with E-state index in [0.29, 0.717) is 41.1 Å². The molecule has 124 valence electrons. The van der Waals surface area contributed by atoms with Crippen molar-refractivity contribution in [3.05, 3.63) is 24.2 Å². The number of rotatable bonds is 2. The van der Waals surface area contributed by atoms with Gasteiger partial charge in [0.05, 0.1) is 29.1 Å². The maximum absolute atomic E-state index is 11.5. The first-order valence-electron chi connectivity index (χ1n) is 7.82. The van der Waals surface area contributed by atoms with Gasteiger partial charge in [0.1, 0.15) is 11.9 Å². The predicted octanol–water partition coefficient (Wildman–Crippen LogP) is 2.39. The molecule has 3 heterocycles. The Labute approximate surface area is 137 Å². The molecule has 0 bridgehead atoms. The number of amides is 1. The number of benzene rings is 1. The summed E-state index contributed by atoms with van der Waals surface area (Å²) in [5.41, 5.74) is 1.22. The fourth-order valence-corrected chi connectivity index (χ4v) is 3.17. The van der Waals surface area contributed by atoms with Crippen LogP contribution in [0.25, 0.3) is 21.9 Å². The van der Waals surface area contributed by atoms with Gasteiger partial charge in [0.2, 0.25) is 11.8 Å². The van der Waals surface area contributed by atoms with Gasteiger partial charge in [0.25, 0.3) is 0 Å². The highest BCUT2D eigenvalue weighted by Gasteiger charge is 2.27. The number of fused-ring (bicyclic) bond motifs is 3. The van der Waals surface area contributed by atoms with Crippen LogP contribution in [-0.2, 0) is 4.79 Å². The summed E-state index contributed by atoms with van der Waals surface area (Å²) >= 11 is 0. The second-order valence-electron chi connectivity index (χ2n) is 6.02. The Morgan fingerprint density at radius 2 is 2.25 bits per heavy atom. The van der Waals surface area contributed by atoms with Crippen molar-refractivity contribution in [3.63, 3.8) is 0 Å². The number of ether oxygens (including phenoxy) is 1. The molecule has 7 nitrogen and oxygen atoms in total. The lowest BCUT2D eigenvalue weighted by Crippen LogP contribution is -2.28. The van der Waals surface area contributed by atoms with Crippen LogP contribution in [0.5, 0.6) is 11.6 Å². The quantitative estimate of drug-likeness (QED) is 0.777. The fraction of sp³-hybridized carbons (Fsp3) is 0.353. The average Bonchev–Trinajstić information content (AvgIpc) is 3.17. The van der Waals surface area contributed by atoms with Gasteiger partial charge in [-0.1, -0.05) is 0 Å². The monoisotopic (exact) mass is 327 g/mol. The van der Waals surface area contributed by atoms with Crippen molar-refractivity contribution >= 4 is 27.8 Å². The SMILES string of the molecule is CC(=O)N1CC[C@H](Oc2cc3c(O)nc(C)nc3c3ccoc23)C1. The molecule has 4 rings (SSSR count). The maximum Gasteiger partial charge on any atom is 0.222 e. The van der Waals surface area contributed by atoms with Crippen LogP contribution in [0.1, 0.15) is 19.2 Å². The molecule has 0 spiro atoms. The van der Waals surface area contributed by atoms with E-state index in [1.54, 1.807) is 37.1 Å². The van der Waals surface area contributed by atoms with E-state index in [0.717, 1.165) is 11.8 Å². The largest absolute Gasteiger partial charge is 0.493 e. The Kier molecular flexibility index (Phi) is 3.30. The fourth-order valence-electron chi connectivity index (χ4n) is 3.17. The molecule has 1 saturated heterocycles. The Morgan fingerprint density at radius 1 is 1.42 bits per heavy atom. The number of aromatic hydroxyl groups is 1. The third-order valence-corrected chi connectivity index (χ3v) is 4.34. The summed E-state index contributed by atoms with van der Waals surface area (Å²) in [6, 6.07) is 3.50. The summed E-state index contributed by atoms with van der Waals surface area (Å²) < 4.78 is 11.6. The zero-order valence-corrected chi connectivity index (χ0v) is 13.4. The summed E-state index contributed by atoms with van der Waals surface area (Å²) in [5, 5.41) is 11.4. The number of furan rings is 1. The van der Waals surface area contributed by atoms with Crippen LogP contribution in [0.4, 0.5) is 0 Å². The normalized spacial score (nSPS) is 17.8. The van der Waals surface area contributed by atoms with Gasteiger partial charge in [-0.2, -0.15) is 4.98 Å². The van der Waals surface area contributed by atoms with E-state index in [1.807, 2.05) is 0 Å². The average molecular weight is 327 g/mol. The maximum atomic E-state index is 11.5. The second kappa shape index (κ2) is 5.36. The Hall–Kier alpha value is -2.83. The molecule has 7 heteroatoms. The van der Waals surface area contributed by atoms with Crippen LogP contribution < -0.4 is 4.74 Å². The lowest BCUT2D eigenvalue weighted by atomic mass is 10.1. The van der Waals surface area contributed by atoms with Crippen LogP contribution in [-0.4, -0.2) is 45.1 Å². The molecule has 0 unspecified atom stereocenters. The van der Waals surface area contributed by atoms with Gasteiger partial charge in [0.15, 0.2) is 11.3 Å². The zero-order valence-electron chi connectivity index (χ0n) is 13.4. The highest BCUT2D eigenvalue weighted by Crippen LogP contribution is 2.37. The minimum atomic E-state index is -0.104. The van der Waals surface area contributed by atoms with Crippen molar-refractivity contribution in [2.75, 3.05) is 13.1 Å². The minimum absolute atomic E-state index is 0.0456. The molecule has 24 heavy (non-hydrogen) atoms. The van der Waals surface area contributed by atoms with Crippen LogP contribution in [0.15, 0.2) is 22.8 Å². The van der Waals surface area contributed by atoms with Crippen molar-refractivity contribution in [1.82, 2.24) is 14.9 Å². The Morgan fingerprint density at radius 3 is 3.00 bits per heavy atom. The Balaban J connectivity index is 1.78. The molecule has 2 aromatic heterocycles. The lowest BCUT2D eigenvalue weighted by Gasteiger charge is -2.16. The molecule has 3 aromatic rings. The van der Waals surface area contributed by atoms with E-state index in [1.165, 1.54) is 0 Å². The van der Waals surface area contributed by atoms with Gasteiger partial charge < -0.3 is 19.2 Å². The van der Waals surface area contributed by atoms with Crippen molar-refractivity contribution < 1.29 is 19.1 Å². The van der Waals surface area contributed by atoms with E-state index in [-0.39, 0.29) is 17.9 Å². The third-order valence-electron chi connectivity index (χ3n) is 4.34. The molecular formula is C17H17N3O4. The van der Waals surface area contributed by atoms with Crippen LogP contribution in [0, 0.1) is 6.92 Å². The summed E-state index contributed by atoms with van der Waals surface area (Å²) in [6.07, 6.45) is 2.23. The smallest absolute Gasteiger partial charge is 0.222 e. The van der Waals surface area contributed by atoms with Crippen molar-refractivity contribution in [2.45, 2.75) is 26.4 Å². The standard InChI is InChI=1S/C17H17N3O4/c1-9-18-15-12-4-6-23-16(12)14(7-13(15)17(22)19-9)24-11-3-5-20(8-11)10(2)21/h4,6-7,11H,3,5,8H2,1-2H3,(H,18,19,22)/t11-/m0/s1. The summed E-state index contributed by atoms with van der Waals surface area (Å²) in [4.78, 5) is 21.6.